The highest BCUT2D eigenvalue weighted by Gasteiger charge is 2.35. The number of unbranched alkanes of at least 4 members (excludes halogenated alkanes) is 1. The molecule has 2 heterocycles. The SMILES string of the molecule is CCCCc1ccccc1C(N)[C@H]1CCC(=O)N1CCSc1nc(C(=O)O)cs1. The Kier molecular flexibility index (Phi) is 7.69. The Labute approximate surface area is 179 Å². The number of likely N-dealkylation sites (tertiary alicyclic amines) is 1. The average molecular weight is 434 g/mol. The van der Waals surface area contributed by atoms with Crippen LogP contribution in [-0.2, 0) is 11.2 Å². The number of aromatic nitrogens is 1. The molecule has 3 rings (SSSR count). The van der Waals surface area contributed by atoms with Crippen LogP contribution in [0.3, 0.4) is 0 Å². The lowest BCUT2D eigenvalue weighted by Gasteiger charge is -2.31. The van der Waals surface area contributed by atoms with Gasteiger partial charge < -0.3 is 15.7 Å². The molecule has 0 bridgehead atoms. The number of hydrogen-bond acceptors (Lipinski definition) is 6. The van der Waals surface area contributed by atoms with E-state index in [0.29, 0.717) is 23.1 Å². The van der Waals surface area contributed by atoms with Crippen LogP contribution < -0.4 is 5.73 Å². The summed E-state index contributed by atoms with van der Waals surface area (Å²) in [6, 6.07) is 8.10. The molecule has 0 radical (unpaired) electrons. The molecular formula is C21H27N3O3S2. The first-order valence-corrected chi connectivity index (χ1v) is 11.8. The fourth-order valence-electron chi connectivity index (χ4n) is 3.73. The zero-order valence-electron chi connectivity index (χ0n) is 16.5. The number of nitrogens with zero attached hydrogens (tertiary/aromatic N) is 2. The summed E-state index contributed by atoms with van der Waals surface area (Å²) in [6.45, 7) is 2.76. The van der Waals surface area contributed by atoms with Crippen LogP contribution in [-0.4, -0.2) is 45.2 Å². The van der Waals surface area contributed by atoms with Gasteiger partial charge in [0.05, 0.1) is 12.1 Å². The molecule has 6 nitrogen and oxygen atoms in total. The monoisotopic (exact) mass is 433 g/mol. The highest BCUT2D eigenvalue weighted by molar-refractivity contribution is 8.01. The molecular weight excluding hydrogens is 406 g/mol. The van der Waals surface area contributed by atoms with Crippen molar-refractivity contribution in [1.29, 1.82) is 0 Å². The second-order valence-corrected chi connectivity index (χ2v) is 9.37. The van der Waals surface area contributed by atoms with E-state index in [1.165, 1.54) is 34.0 Å². The molecule has 1 aliphatic rings. The number of aromatic carboxylic acids is 1. The third-order valence-electron chi connectivity index (χ3n) is 5.26. The Morgan fingerprint density at radius 2 is 2.24 bits per heavy atom. The van der Waals surface area contributed by atoms with Crippen molar-refractivity contribution < 1.29 is 14.7 Å². The molecule has 29 heavy (non-hydrogen) atoms. The molecule has 1 saturated heterocycles. The van der Waals surface area contributed by atoms with Crippen LogP contribution in [0.4, 0.5) is 0 Å². The van der Waals surface area contributed by atoms with E-state index >= 15 is 0 Å². The number of carbonyl (C=O) groups is 2. The van der Waals surface area contributed by atoms with Gasteiger partial charge in [-0.15, -0.1) is 11.3 Å². The Morgan fingerprint density at radius 3 is 2.97 bits per heavy atom. The van der Waals surface area contributed by atoms with Gasteiger partial charge in [0.1, 0.15) is 0 Å². The van der Waals surface area contributed by atoms with Gasteiger partial charge >= 0.3 is 5.97 Å². The summed E-state index contributed by atoms with van der Waals surface area (Å²) in [7, 11) is 0. The van der Waals surface area contributed by atoms with Crippen molar-refractivity contribution in [1.82, 2.24) is 9.88 Å². The average Bonchev–Trinajstić information content (AvgIpc) is 3.33. The molecule has 1 aromatic carbocycles. The summed E-state index contributed by atoms with van der Waals surface area (Å²) in [5.41, 5.74) is 9.16. The first-order chi connectivity index (χ1) is 14.0. The molecule has 2 aromatic rings. The fraction of sp³-hybridized carbons (Fsp3) is 0.476. The van der Waals surface area contributed by atoms with Gasteiger partial charge in [-0.05, 0) is 30.4 Å². The highest BCUT2D eigenvalue weighted by Crippen LogP contribution is 2.32. The summed E-state index contributed by atoms with van der Waals surface area (Å²) in [4.78, 5) is 29.4. The molecule has 1 aliphatic heterocycles. The van der Waals surface area contributed by atoms with Crippen molar-refractivity contribution in [2.45, 2.75) is 55.5 Å². The Morgan fingerprint density at radius 1 is 1.45 bits per heavy atom. The van der Waals surface area contributed by atoms with Crippen molar-refractivity contribution in [3.8, 4) is 0 Å². The van der Waals surface area contributed by atoms with Crippen LogP contribution in [0.1, 0.15) is 60.3 Å². The maximum absolute atomic E-state index is 12.5. The maximum Gasteiger partial charge on any atom is 0.355 e. The van der Waals surface area contributed by atoms with Gasteiger partial charge in [-0.25, -0.2) is 9.78 Å². The molecule has 2 atom stereocenters. The number of amides is 1. The molecule has 156 valence electrons. The van der Waals surface area contributed by atoms with Crippen LogP contribution in [0.5, 0.6) is 0 Å². The summed E-state index contributed by atoms with van der Waals surface area (Å²) in [5.74, 6) is -0.211. The topological polar surface area (TPSA) is 96.5 Å². The van der Waals surface area contributed by atoms with Crippen molar-refractivity contribution in [2.24, 2.45) is 5.73 Å². The lowest BCUT2D eigenvalue weighted by Crippen LogP contribution is -2.41. The van der Waals surface area contributed by atoms with Crippen molar-refractivity contribution >= 4 is 35.0 Å². The minimum Gasteiger partial charge on any atom is -0.476 e. The summed E-state index contributed by atoms with van der Waals surface area (Å²) < 4.78 is 0.708. The number of benzene rings is 1. The zero-order valence-corrected chi connectivity index (χ0v) is 18.2. The maximum atomic E-state index is 12.5. The number of rotatable bonds is 10. The second kappa shape index (κ2) is 10.2. The second-order valence-electron chi connectivity index (χ2n) is 7.17. The third-order valence-corrected chi connectivity index (χ3v) is 7.26. The Hall–Kier alpha value is -1.90. The van der Waals surface area contributed by atoms with E-state index in [2.05, 4.69) is 30.1 Å². The highest BCUT2D eigenvalue weighted by atomic mass is 32.2. The van der Waals surface area contributed by atoms with Gasteiger partial charge in [0.15, 0.2) is 10.0 Å². The van der Waals surface area contributed by atoms with E-state index in [4.69, 9.17) is 10.8 Å². The van der Waals surface area contributed by atoms with Gasteiger partial charge in [-0.3, -0.25) is 4.79 Å². The van der Waals surface area contributed by atoms with Crippen molar-refractivity contribution in [3.63, 3.8) is 0 Å². The van der Waals surface area contributed by atoms with E-state index in [1.54, 1.807) is 0 Å². The van der Waals surface area contributed by atoms with Crippen LogP contribution in [0.25, 0.3) is 0 Å². The van der Waals surface area contributed by atoms with Crippen LogP contribution in [0.15, 0.2) is 34.0 Å². The number of carboxylic acids is 1. The molecule has 0 aliphatic carbocycles. The van der Waals surface area contributed by atoms with Gasteiger partial charge in [-0.1, -0.05) is 49.4 Å². The van der Waals surface area contributed by atoms with E-state index in [0.717, 1.165) is 31.2 Å². The minimum atomic E-state index is -1.02. The largest absolute Gasteiger partial charge is 0.476 e. The van der Waals surface area contributed by atoms with E-state index in [9.17, 15) is 9.59 Å². The van der Waals surface area contributed by atoms with Gasteiger partial charge in [0, 0.05) is 24.1 Å². The first kappa shape index (κ1) is 21.8. The zero-order chi connectivity index (χ0) is 20.8. The number of carboxylic acid groups (broad SMARTS) is 1. The smallest absolute Gasteiger partial charge is 0.355 e. The number of nitrogens with two attached hydrogens (primary N) is 1. The molecule has 1 amide bonds. The van der Waals surface area contributed by atoms with Gasteiger partial charge in [0.2, 0.25) is 5.91 Å². The van der Waals surface area contributed by atoms with Crippen molar-refractivity contribution in [2.75, 3.05) is 12.3 Å². The minimum absolute atomic E-state index is 0.00301. The first-order valence-electron chi connectivity index (χ1n) is 9.95. The van der Waals surface area contributed by atoms with Crippen LogP contribution >= 0.6 is 23.1 Å². The predicted molar refractivity (Wildman–Crippen MR) is 117 cm³/mol. The lowest BCUT2D eigenvalue weighted by molar-refractivity contribution is -0.128. The molecule has 3 N–H and O–H groups in total. The lowest BCUT2D eigenvalue weighted by atomic mass is 9.92. The number of thiazole rings is 1. The van der Waals surface area contributed by atoms with E-state index in [1.807, 2.05) is 11.0 Å². The number of aryl methyl sites for hydroxylation is 1. The number of hydrogen-bond donors (Lipinski definition) is 2. The molecule has 8 heteroatoms. The van der Waals surface area contributed by atoms with Gasteiger partial charge in [0.25, 0.3) is 0 Å². The van der Waals surface area contributed by atoms with E-state index < -0.39 is 5.97 Å². The predicted octanol–water partition coefficient (Wildman–Crippen LogP) is 3.97. The standard InChI is InChI=1S/C21H27N3O3S2/c1-2-3-6-14-7-4-5-8-15(14)19(22)17-9-10-18(25)24(17)11-12-28-21-23-16(13-29-21)20(26)27/h4-5,7-8,13,17,19H,2-3,6,9-12,22H2,1H3,(H,26,27)/t17-,19?/m1/s1. The van der Waals surface area contributed by atoms with Gasteiger partial charge in [-0.2, -0.15) is 0 Å². The van der Waals surface area contributed by atoms with Crippen LogP contribution in [0.2, 0.25) is 0 Å². The molecule has 0 spiro atoms. The normalized spacial score (nSPS) is 17.7. The van der Waals surface area contributed by atoms with Crippen molar-refractivity contribution in [3.05, 3.63) is 46.5 Å². The summed E-state index contributed by atoms with van der Waals surface area (Å²) in [6.07, 6.45) is 4.57. The summed E-state index contributed by atoms with van der Waals surface area (Å²) in [5, 5.41) is 10.5. The molecule has 1 aromatic heterocycles. The number of thioether (sulfide) groups is 1. The van der Waals surface area contributed by atoms with Crippen LogP contribution in [0, 0.1) is 0 Å². The fourth-order valence-corrected chi connectivity index (χ4v) is 5.54. The molecule has 1 unspecified atom stereocenters. The quantitative estimate of drug-likeness (QED) is 0.551. The molecule has 0 saturated carbocycles. The Bertz CT molecular complexity index is 855. The summed E-state index contributed by atoms with van der Waals surface area (Å²) >= 11 is 2.80. The Balaban J connectivity index is 1.64. The van der Waals surface area contributed by atoms with E-state index in [-0.39, 0.29) is 23.7 Å². The molecule has 1 fully saturated rings. The third kappa shape index (κ3) is 5.38. The number of carbonyl (C=O) groups excluding carboxylic acids is 1.